The van der Waals surface area contributed by atoms with Gasteiger partial charge in [0, 0.05) is 22.7 Å². The lowest BCUT2D eigenvalue weighted by Gasteiger charge is -2.25. The van der Waals surface area contributed by atoms with Gasteiger partial charge in [-0.3, -0.25) is 4.79 Å². The molecule has 0 unspecified atom stereocenters. The molecule has 1 amide bonds. The van der Waals surface area contributed by atoms with Crippen molar-refractivity contribution in [3.05, 3.63) is 59.4 Å². The number of amides is 1. The van der Waals surface area contributed by atoms with Gasteiger partial charge in [0.25, 0.3) is 5.91 Å². The van der Waals surface area contributed by atoms with Crippen molar-refractivity contribution in [3.8, 4) is 5.75 Å². The Morgan fingerprint density at radius 3 is 2.72 bits per heavy atom. The van der Waals surface area contributed by atoms with Gasteiger partial charge in [-0.15, -0.1) is 0 Å². The van der Waals surface area contributed by atoms with Gasteiger partial charge in [-0.05, 0) is 57.0 Å². The lowest BCUT2D eigenvalue weighted by Crippen LogP contribution is -2.43. The molecule has 1 aliphatic rings. The smallest absolute Gasteiger partial charge is 0.375 e. The molecule has 0 spiro atoms. The second kappa shape index (κ2) is 7.28. The third kappa shape index (κ3) is 3.24. The van der Waals surface area contributed by atoms with Crippen LogP contribution in [0.4, 0.5) is 5.69 Å². The van der Waals surface area contributed by atoms with E-state index in [9.17, 15) is 9.59 Å². The lowest BCUT2D eigenvalue weighted by atomic mass is 10.1. The number of aryl methyl sites for hydroxylation is 1. The van der Waals surface area contributed by atoms with Crippen LogP contribution in [0.25, 0.3) is 11.0 Å². The number of methoxy groups -OCH3 is 1. The first kappa shape index (κ1) is 19.1. The summed E-state index contributed by atoms with van der Waals surface area (Å²) in [5, 5.41) is 0.775. The van der Waals surface area contributed by atoms with Gasteiger partial charge in [-0.25, -0.2) is 4.79 Å². The van der Waals surface area contributed by atoms with E-state index in [1.807, 2.05) is 37.3 Å². The number of rotatable bonds is 4. The van der Waals surface area contributed by atoms with E-state index >= 15 is 0 Å². The van der Waals surface area contributed by atoms with Gasteiger partial charge in [0.1, 0.15) is 11.3 Å². The fraction of sp³-hybridized carbons (Fsp3) is 0.304. The molecule has 0 saturated carbocycles. The Morgan fingerprint density at radius 1 is 1.21 bits per heavy atom. The fourth-order valence-corrected chi connectivity index (χ4v) is 3.88. The zero-order valence-corrected chi connectivity index (χ0v) is 16.9. The molecule has 1 aromatic heterocycles. The van der Waals surface area contributed by atoms with E-state index in [1.54, 1.807) is 38.0 Å². The summed E-state index contributed by atoms with van der Waals surface area (Å²) in [5.41, 5.74) is 3.22. The largest absolute Gasteiger partial charge is 0.497 e. The van der Waals surface area contributed by atoms with Crippen LogP contribution in [0.5, 0.6) is 5.75 Å². The van der Waals surface area contributed by atoms with Crippen LogP contribution in [0.3, 0.4) is 0 Å². The molecule has 2 heterocycles. The summed E-state index contributed by atoms with van der Waals surface area (Å²) >= 11 is 0. The molecule has 0 radical (unpaired) electrons. The average Bonchev–Trinajstić information content (AvgIpc) is 3.23. The van der Waals surface area contributed by atoms with E-state index in [1.165, 1.54) is 0 Å². The van der Waals surface area contributed by atoms with E-state index < -0.39 is 12.1 Å². The first-order valence-corrected chi connectivity index (χ1v) is 9.59. The highest BCUT2D eigenvalue weighted by Gasteiger charge is 2.35. The third-order valence-corrected chi connectivity index (χ3v) is 5.41. The summed E-state index contributed by atoms with van der Waals surface area (Å²) in [7, 11) is 1.58. The van der Waals surface area contributed by atoms with Crippen LogP contribution in [0.15, 0.2) is 46.9 Å². The fourth-order valence-electron chi connectivity index (χ4n) is 3.88. The molecule has 3 aromatic rings. The molecular weight excluding hydrogens is 370 g/mol. The van der Waals surface area contributed by atoms with Crippen molar-refractivity contribution in [3.63, 3.8) is 0 Å². The average molecular weight is 393 g/mol. The number of carbonyl (C=O) groups excluding carboxylic acids is 2. The van der Waals surface area contributed by atoms with Crippen LogP contribution >= 0.6 is 0 Å². The molecule has 0 saturated heterocycles. The minimum atomic E-state index is -0.932. The Balaban J connectivity index is 1.55. The molecule has 29 heavy (non-hydrogen) atoms. The number of hydrogen-bond acceptors (Lipinski definition) is 5. The highest BCUT2D eigenvalue weighted by Crippen LogP contribution is 2.33. The molecule has 0 N–H and O–H groups in total. The normalized spacial score (nSPS) is 16.6. The summed E-state index contributed by atoms with van der Waals surface area (Å²) in [4.78, 5) is 27.5. The zero-order valence-electron chi connectivity index (χ0n) is 16.9. The number of fused-ring (bicyclic) bond motifs is 2. The Morgan fingerprint density at radius 2 is 1.97 bits per heavy atom. The maximum absolute atomic E-state index is 13.0. The molecule has 0 aliphatic carbocycles. The topological polar surface area (TPSA) is 69.0 Å². The summed E-state index contributed by atoms with van der Waals surface area (Å²) in [5.74, 6) is -0.126. The van der Waals surface area contributed by atoms with Crippen molar-refractivity contribution in [2.75, 3.05) is 12.0 Å². The van der Waals surface area contributed by atoms with Crippen molar-refractivity contribution >= 4 is 28.5 Å². The second-order valence-corrected chi connectivity index (χ2v) is 7.36. The van der Waals surface area contributed by atoms with Gasteiger partial charge in [0.15, 0.2) is 6.10 Å². The Bertz CT molecular complexity index is 1100. The number of hydrogen-bond donors (Lipinski definition) is 0. The first-order chi connectivity index (χ1) is 13.9. The van der Waals surface area contributed by atoms with Gasteiger partial charge in [-0.2, -0.15) is 0 Å². The highest BCUT2D eigenvalue weighted by molar-refractivity contribution is 6.02. The highest BCUT2D eigenvalue weighted by atomic mass is 16.6. The standard InChI is InChI=1S/C23H23NO5/c1-13-11-16-7-5-6-8-19(16)24(13)22(25)15(3)28-23(26)21-14(2)18-12-17(27-4)9-10-20(18)29-21/h5-10,12-13,15H,11H2,1-4H3/t13-,15-/m0/s1. The predicted molar refractivity (Wildman–Crippen MR) is 109 cm³/mol. The number of ether oxygens (including phenoxy) is 2. The van der Waals surface area contributed by atoms with E-state index in [0.29, 0.717) is 16.9 Å². The maximum Gasteiger partial charge on any atom is 0.375 e. The number of carbonyl (C=O) groups is 2. The monoisotopic (exact) mass is 393 g/mol. The van der Waals surface area contributed by atoms with Gasteiger partial charge in [-0.1, -0.05) is 18.2 Å². The summed E-state index contributed by atoms with van der Waals surface area (Å²) in [6.45, 7) is 5.37. The van der Waals surface area contributed by atoms with E-state index in [-0.39, 0.29) is 17.7 Å². The van der Waals surface area contributed by atoms with E-state index in [0.717, 1.165) is 23.1 Å². The van der Waals surface area contributed by atoms with Crippen LogP contribution < -0.4 is 9.64 Å². The predicted octanol–water partition coefficient (Wildman–Crippen LogP) is 4.27. The molecule has 6 heteroatoms. The van der Waals surface area contributed by atoms with Crippen LogP contribution in [-0.4, -0.2) is 31.1 Å². The van der Waals surface area contributed by atoms with Crippen molar-refractivity contribution < 1.29 is 23.5 Å². The molecule has 6 nitrogen and oxygen atoms in total. The van der Waals surface area contributed by atoms with Gasteiger partial charge in [0.05, 0.1) is 7.11 Å². The zero-order chi connectivity index (χ0) is 20.7. The SMILES string of the molecule is COc1ccc2oc(C(=O)O[C@@H](C)C(=O)N3c4ccccc4C[C@@H]3C)c(C)c2c1. The molecule has 1 aliphatic heterocycles. The summed E-state index contributed by atoms with van der Waals surface area (Å²) in [6.07, 6.45) is -0.147. The number of anilines is 1. The molecule has 4 rings (SSSR count). The van der Waals surface area contributed by atoms with Gasteiger partial charge >= 0.3 is 5.97 Å². The molecule has 0 fully saturated rings. The maximum atomic E-state index is 13.0. The van der Waals surface area contributed by atoms with Crippen LogP contribution in [0.1, 0.15) is 35.5 Å². The summed E-state index contributed by atoms with van der Waals surface area (Å²) in [6, 6.07) is 13.1. The number of furan rings is 1. The first-order valence-electron chi connectivity index (χ1n) is 9.59. The van der Waals surface area contributed by atoms with Crippen molar-refractivity contribution in [1.82, 2.24) is 0 Å². The molecule has 2 atom stereocenters. The van der Waals surface area contributed by atoms with Crippen molar-refractivity contribution in [2.24, 2.45) is 0 Å². The number of nitrogens with zero attached hydrogens (tertiary/aromatic N) is 1. The Kier molecular flexibility index (Phi) is 4.78. The van der Waals surface area contributed by atoms with Crippen molar-refractivity contribution in [2.45, 2.75) is 39.3 Å². The second-order valence-electron chi connectivity index (χ2n) is 7.36. The molecule has 0 bridgehead atoms. The van der Waals surface area contributed by atoms with Crippen LogP contribution in [0.2, 0.25) is 0 Å². The third-order valence-electron chi connectivity index (χ3n) is 5.41. The van der Waals surface area contributed by atoms with Crippen LogP contribution in [-0.2, 0) is 16.0 Å². The lowest BCUT2D eigenvalue weighted by molar-refractivity contribution is -0.126. The van der Waals surface area contributed by atoms with Gasteiger partial charge in [0.2, 0.25) is 5.76 Å². The van der Waals surface area contributed by atoms with Crippen LogP contribution in [0, 0.1) is 6.92 Å². The molecule has 150 valence electrons. The quantitative estimate of drug-likeness (QED) is 0.619. The number of benzene rings is 2. The minimum Gasteiger partial charge on any atom is -0.497 e. The Labute approximate surface area is 169 Å². The van der Waals surface area contributed by atoms with Crippen molar-refractivity contribution in [1.29, 1.82) is 0 Å². The van der Waals surface area contributed by atoms with Gasteiger partial charge < -0.3 is 18.8 Å². The minimum absolute atomic E-state index is 0.0152. The number of esters is 1. The number of para-hydroxylation sites is 1. The summed E-state index contributed by atoms with van der Waals surface area (Å²) < 4.78 is 16.4. The van der Waals surface area contributed by atoms with E-state index in [4.69, 9.17) is 13.9 Å². The molecular formula is C23H23NO5. The Hall–Kier alpha value is -3.28. The molecule has 2 aromatic carbocycles. The van der Waals surface area contributed by atoms with E-state index in [2.05, 4.69) is 0 Å².